The summed E-state index contributed by atoms with van der Waals surface area (Å²) in [6.45, 7) is 3.84. The number of carbonyl (C=O) groups excluding carboxylic acids is 2. The fraction of sp³-hybridized carbons (Fsp3) is 0.250. The molecule has 5 nitrogen and oxygen atoms in total. The molecule has 0 radical (unpaired) electrons. The monoisotopic (exact) mass is 335 g/mol. The Labute approximate surface area is 147 Å². The van der Waals surface area contributed by atoms with Gasteiger partial charge in [0.05, 0.1) is 11.6 Å². The van der Waals surface area contributed by atoms with Crippen molar-refractivity contribution in [2.24, 2.45) is 0 Å². The predicted octanol–water partition coefficient (Wildman–Crippen LogP) is 3.50. The van der Waals surface area contributed by atoms with Gasteiger partial charge in [-0.05, 0) is 36.2 Å². The highest BCUT2D eigenvalue weighted by Gasteiger charge is 2.16. The van der Waals surface area contributed by atoms with Crippen LogP contribution < -0.4 is 10.2 Å². The van der Waals surface area contributed by atoms with Gasteiger partial charge in [0.2, 0.25) is 11.8 Å². The van der Waals surface area contributed by atoms with Crippen LogP contribution in [0.15, 0.2) is 48.5 Å². The lowest BCUT2D eigenvalue weighted by molar-refractivity contribution is -0.117. The molecule has 0 aromatic heterocycles. The minimum absolute atomic E-state index is 0.0971. The number of nitrogens with one attached hydrogen (secondary N) is 1. The van der Waals surface area contributed by atoms with Crippen LogP contribution in [0.4, 0.5) is 11.4 Å². The first-order chi connectivity index (χ1) is 12.0. The van der Waals surface area contributed by atoms with Crippen LogP contribution in [0.25, 0.3) is 0 Å². The molecule has 5 heteroatoms. The van der Waals surface area contributed by atoms with Crippen LogP contribution in [0.1, 0.15) is 31.4 Å². The highest BCUT2D eigenvalue weighted by molar-refractivity contribution is 5.95. The van der Waals surface area contributed by atoms with E-state index in [4.69, 9.17) is 5.26 Å². The van der Waals surface area contributed by atoms with Crippen molar-refractivity contribution < 1.29 is 9.59 Å². The predicted molar refractivity (Wildman–Crippen MR) is 98.3 cm³/mol. The molecule has 2 aromatic carbocycles. The Morgan fingerprint density at radius 2 is 1.92 bits per heavy atom. The summed E-state index contributed by atoms with van der Waals surface area (Å²) in [5.74, 6) is -0.296. The number of nitriles is 1. The van der Waals surface area contributed by atoms with Crippen molar-refractivity contribution >= 4 is 23.2 Å². The maximum Gasteiger partial charge on any atom is 0.226 e. The first-order valence-electron chi connectivity index (χ1n) is 8.21. The fourth-order valence-corrected chi connectivity index (χ4v) is 2.62. The van der Waals surface area contributed by atoms with Crippen LogP contribution in [0, 0.1) is 11.3 Å². The minimum atomic E-state index is -0.199. The molecule has 0 bridgehead atoms. The van der Waals surface area contributed by atoms with Crippen molar-refractivity contribution in [3.63, 3.8) is 0 Å². The molecule has 0 atom stereocenters. The topological polar surface area (TPSA) is 73.2 Å². The number of hydrogen-bond acceptors (Lipinski definition) is 3. The smallest absolute Gasteiger partial charge is 0.226 e. The van der Waals surface area contributed by atoms with Gasteiger partial charge >= 0.3 is 0 Å². The Morgan fingerprint density at radius 3 is 2.60 bits per heavy atom. The Balaban J connectivity index is 2.05. The van der Waals surface area contributed by atoms with Crippen molar-refractivity contribution in [1.29, 1.82) is 5.26 Å². The van der Waals surface area contributed by atoms with Crippen molar-refractivity contribution in [3.05, 3.63) is 59.7 Å². The van der Waals surface area contributed by atoms with E-state index in [0.29, 0.717) is 17.8 Å². The quantitative estimate of drug-likeness (QED) is 0.878. The van der Waals surface area contributed by atoms with E-state index in [2.05, 4.69) is 5.32 Å². The van der Waals surface area contributed by atoms with Gasteiger partial charge < -0.3 is 10.2 Å². The zero-order valence-corrected chi connectivity index (χ0v) is 14.5. The summed E-state index contributed by atoms with van der Waals surface area (Å²) in [7, 11) is 0. The molecule has 2 amide bonds. The van der Waals surface area contributed by atoms with Crippen molar-refractivity contribution in [2.75, 3.05) is 16.8 Å². The summed E-state index contributed by atoms with van der Waals surface area (Å²) in [6, 6.07) is 16.5. The van der Waals surface area contributed by atoms with Gasteiger partial charge in [-0.15, -0.1) is 0 Å². The van der Waals surface area contributed by atoms with Crippen molar-refractivity contribution in [2.45, 2.75) is 26.7 Å². The Morgan fingerprint density at radius 1 is 1.16 bits per heavy atom. The third kappa shape index (κ3) is 4.92. The van der Waals surface area contributed by atoms with E-state index in [1.165, 1.54) is 6.92 Å². The molecule has 2 rings (SSSR count). The molecule has 0 aliphatic carbocycles. The maximum atomic E-state index is 12.2. The number of aryl methyl sites for hydroxylation is 1. The summed E-state index contributed by atoms with van der Waals surface area (Å²) >= 11 is 0. The molecule has 1 N–H and O–H groups in total. The molecule has 0 aliphatic heterocycles. The third-order valence-electron chi connectivity index (χ3n) is 3.88. The summed E-state index contributed by atoms with van der Waals surface area (Å²) in [5, 5.41) is 11.7. The van der Waals surface area contributed by atoms with Crippen LogP contribution in [0.5, 0.6) is 0 Å². The third-order valence-corrected chi connectivity index (χ3v) is 3.88. The van der Waals surface area contributed by atoms with Gasteiger partial charge in [-0.3, -0.25) is 9.59 Å². The second kappa shape index (κ2) is 8.65. The molecule has 128 valence electrons. The number of nitrogens with zero attached hydrogens (tertiary/aromatic N) is 2. The lowest BCUT2D eigenvalue weighted by atomic mass is 10.1. The van der Waals surface area contributed by atoms with Gasteiger partial charge in [0, 0.05) is 31.3 Å². The SMILES string of the molecule is CCc1ccccc1N(CCC(=O)Nc1cccc(C#N)c1)C(C)=O. The second-order valence-electron chi connectivity index (χ2n) is 5.64. The van der Waals surface area contributed by atoms with E-state index in [9.17, 15) is 9.59 Å². The van der Waals surface area contributed by atoms with Gasteiger partial charge in [-0.2, -0.15) is 5.26 Å². The van der Waals surface area contributed by atoms with Crippen LogP contribution in [0.3, 0.4) is 0 Å². The molecular formula is C20H21N3O2. The number of hydrogen-bond donors (Lipinski definition) is 1. The van der Waals surface area contributed by atoms with E-state index in [1.54, 1.807) is 29.2 Å². The number of carbonyl (C=O) groups is 2. The van der Waals surface area contributed by atoms with E-state index in [0.717, 1.165) is 17.7 Å². The number of para-hydroxylation sites is 1. The van der Waals surface area contributed by atoms with Gasteiger partial charge in [0.25, 0.3) is 0 Å². The number of amides is 2. The first-order valence-corrected chi connectivity index (χ1v) is 8.21. The molecular weight excluding hydrogens is 314 g/mol. The Kier molecular flexibility index (Phi) is 6.30. The van der Waals surface area contributed by atoms with E-state index in [-0.39, 0.29) is 18.2 Å². The Hall–Kier alpha value is -3.13. The van der Waals surface area contributed by atoms with Crippen molar-refractivity contribution in [3.8, 4) is 6.07 Å². The molecule has 0 saturated carbocycles. The molecule has 0 heterocycles. The molecule has 0 spiro atoms. The first kappa shape index (κ1) is 18.2. The second-order valence-corrected chi connectivity index (χ2v) is 5.64. The van der Waals surface area contributed by atoms with Gasteiger partial charge in [-0.1, -0.05) is 31.2 Å². The van der Waals surface area contributed by atoms with Crippen LogP contribution >= 0.6 is 0 Å². The lowest BCUT2D eigenvalue weighted by Gasteiger charge is -2.23. The van der Waals surface area contributed by atoms with E-state index < -0.39 is 0 Å². The standard InChI is InChI=1S/C20H21N3O2/c1-3-17-8-4-5-10-19(17)23(15(2)24)12-11-20(25)22-18-9-6-7-16(13-18)14-21/h4-10,13H,3,11-12H2,1-2H3,(H,22,25). The largest absolute Gasteiger partial charge is 0.326 e. The van der Waals surface area contributed by atoms with Gasteiger partial charge in [0.1, 0.15) is 0 Å². The average Bonchev–Trinajstić information content (AvgIpc) is 2.62. The number of anilines is 2. The maximum absolute atomic E-state index is 12.2. The number of benzene rings is 2. The molecule has 0 fully saturated rings. The summed E-state index contributed by atoms with van der Waals surface area (Å²) in [4.78, 5) is 25.8. The fourth-order valence-electron chi connectivity index (χ4n) is 2.62. The normalized spacial score (nSPS) is 9.96. The van der Waals surface area contributed by atoms with E-state index in [1.807, 2.05) is 37.3 Å². The number of rotatable bonds is 6. The summed E-state index contributed by atoms with van der Waals surface area (Å²) < 4.78 is 0. The average molecular weight is 335 g/mol. The molecule has 25 heavy (non-hydrogen) atoms. The van der Waals surface area contributed by atoms with Gasteiger partial charge in [0.15, 0.2) is 0 Å². The zero-order valence-electron chi connectivity index (χ0n) is 14.5. The minimum Gasteiger partial charge on any atom is -0.326 e. The summed E-state index contributed by atoms with van der Waals surface area (Å²) in [6.07, 6.45) is 0.988. The molecule has 0 aliphatic rings. The highest BCUT2D eigenvalue weighted by Crippen LogP contribution is 2.21. The van der Waals surface area contributed by atoms with Crippen LogP contribution in [-0.4, -0.2) is 18.4 Å². The van der Waals surface area contributed by atoms with Crippen molar-refractivity contribution in [1.82, 2.24) is 0 Å². The van der Waals surface area contributed by atoms with Gasteiger partial charge in [-0.25, -0.2) is 0 Å². The Bertz CT molecular complexity index is 809. The highest BCUT2D eigenvalue weighted by atomic mass is 16.2. The van der Waals surface area contributed by atoms with Crippen LogP contribution in [0.2, 0.25) is 0 Å². The molecule has 2 aromatic rings. The summed E-state index contributed by atoms with van der Waals surface area (Å²) in [5.41, 5.74) is 2.98. The molecule has 0 saturated heterocycles. The van der Waals surface area contributed by atoms with Crippen LogP contribution in [-0.2, 0) is 16.0 Å². The van der Waals surface area contributed by atoms with E-state index >= 15 is 0 Å². The zero-order chi connectivity index (χ0) is 18.2. The lowest BCUT2D eigenvalue weighted by Crippen LogP contribution is -2.32. The molecule has 0 unspecified atom stereocenters.